The van der Waals surface area contributed by atoms with E-state index in [0.717, 1.165) is 17.3 Å². The van der Waals surface area contributed by atoms with Crippen molar-refractivity contribution >= 4 is 11.5 Å². The van der Waals surface area contributed by atoms with Gasteiger partial charge in [-0.1, -0.05) is 30.3 Å². The van der Waals surface area contributed by atoms with Crippen LogP contribution in [0.25, 0.3) is 5.52 Å². The van der Waals surface area contributed by atoms with Crippen molar-refractivity contribution in [3.8, 4) is 5.75 Å². The summed E-state index contributed by atoms with van der Waals surface area (Å²) in [4.78, 5) is 41.4. The molecule has 4 rings (SSSR count). The molecule has 0 fully saturated rings. The van der Waals surface area contributed by atoms with Gasteiger partial charge in [0.2, 0.25) is 5.43 Å². The molecular formula is C22H17N3O5. The highest BCUT2D eigenvalue weighted by Crippen LogP contribution is 2.15. The number of nitrogens with zero attached hydrogens (tertiary/aromatic N) is 3. The van der Waals surface area contributed by atoms with E-state index in [2.05, 4.69) is 4.98 Å². The van der Waals surface area contributed by atoms with Crippen LogP contribution in [0, 0.1) is 0 Å². The monoisotopic (exact) mass is 403 g/mol. The Morgan fingerprint density at radius 3 is 2.43 bits per heavy atom. The molecule has 4 aromatic rings. The molecule has 0 aliphatic rings. The summed E-state index contributed by atoms with van der Waals surface area (Å²) in [7, 11) is 0. The van der Waals surface area contributed by atoms with Crippen LogP contribution >= 0.6 is 0 Å². The van der Waals surface area contributed by atoms with Crippen LogP contribution < -0.4 is 15.7 Å². The van der Waals surface area contributed by atoms with Crippen molar-refractivity contribution in [1.29, 1.82) is 0 Å². The molecule has 30 heavy (non-hydrogen) atoms. The van der Waals surface area contributed by atoms with Crippen LogP contribution in [0.1, 0.15) is 21.5 Å². The van der Waals surface area contributed by atoms with E-state index in [1.807, 2.05) is 30.3 Å². The first-order chi connectivity index (χ1) is 14.5. The van der Waals surface area contributed by atoms with Gasteiger partial charge in [0.1, 0.15) is 12.2 Å². The number of aromatic nitrogens is 3. The molecule has 8 nitrogen and oxygen atoms in total. The Morgan fingerprint density at radius 2 is 1.73 bits per heavy atom. The van der Waals surface area contributed by atoms with E-state index in [4.69, 9.17) is 4.74 Å². The molecule has 0 aliphatic carbocycles. The van der Waals surface area contributed by atoms with Gasteiger partial charge in [-0.2, -0.15) is 0 Å². The molecule has 3 heterocycles. The van der Waals surface area contributed by atoms with E-state index in [1.54, 1.807) is 24.5 Å². The third-order valence-corrected chi connectivity index (χ3v) is 4.62. The number of carbonyl (C=O) groups is 1. The third-order valence-electron chi connectivity index (χ3n) is 4.62. The molecule has 0 atom stereocenters. The second kappa shape index (κ2) is 8.04. The highest BCUT2D eigenvalue weighted by Gasteiger charge is 2.20. The summed E-state index contributed by atoms with van der Waals surface area (Å²) in [5, 5.41) is 9.40. The van der Waals surface area contributed by atoms with Gasteiger partial charge in [-0.25, -0.2) is 4.79 Å². The molecule has 0 spiro atoms. The summed E-state index contributed by atoms with van der Waals surface area (Å²) in [5.41, 5.74) is -0.153. The summed E-state index contributed by atoms with van der Waals surface area (Å²) in [6.07, 6.45) is 7.44. The average Bonchev–Trinajstić information content (AvgIpc) is 2.76. The van der Waals surface area contributed by atoms with Crippen molar-refractivity contribution in [2.75, 3.05) is 0 Å². The van der Waals surface area contributed by atoms with Gasteiger partial charge < -0.3 is 18.8 Å². The molecule has 1 aromatic carbocycles. The zero-order chi connectivity index (χ0) is 21.1. The zero-order valence-electron chi connectivity index (χ0n) is 15.8. The smallest absolute Gasteiger partial charge is 0.341 e. The fourth-order valence-corrected chi connectivity index (χ4v) is 3.12. The molecule has 0 bridgehead atoms. The molecule has 150 valence electrons. The lowest BCUT2D eigenvalue weighted by atomic mass is 10.2. The Bertz CT molecular complexity index is 1330. The second-order valence-corrected chi connectivity index (χ2v) is 6.62. The molecule has 0 aliphatic heterocycles. The molecule has 0 amide bonds. The normalized spacial score (nSPS) is 10.8. The topological polar surface area (TPSA) is 103 Å². The van der Waals surface area contributed by atoms with Gasteiger partial charge in [-0.3, -0.25) is 14.6 Å². The van der Waals surface area contributed by atoms with Crippen molar-refractivity contribution in [3.63, 3.8) is 0 Å². The first-order valence-electron chi connectivity index (χ1n) is 9.12. The predicted octanol–water partition coefficient (Wildman–Crippen LogP) is 2.18. The summed E-state index contributed by atoms with van der Waals surface area (Å²) in [6, 6.07) is 12.7. The SMILES string of the molecule is O=C(O)c1cn2ccn(Cc3ccncc3)c(=O)c2c(OCc2ccccc2)c1=O. The number of fused-ring (bicyclic) bond motifs is 1. The number of rotatable bonds is 6. The quantitative estimate of drug-likeness (QED) is 0.529. The molecule has 0 radical (unpaired) electrons. The minimum absolute atomic E-state index is 0.0162. The molecule has 3 aromatic heterocycles. The van der Waals surface area contributed by atoms with Crippen LogP contribution in [0.15, 0.2) is 83.0 Å². The summed E-state index contributed by atoms with van der Waals surface area (Å²) >= 11 is 0. The van der Waals surface area contributed by atoms with Crippen molar-refractivity contribution in [3.05, 3.63) is 111 Å². The van der Waals surface area contributed by atoms with E-state index in [1.165, 1.54) is 21.4 Å². The number of hydrogen-bond donors (Lipinski definition) is 1. The van der Waals surface area contributed by atoms with Gasteiger partial charge in [-0.05, 0) is 23.3 Å². The van der Waals surface area contributed by atoms with E-state index >= 15 is 0 Å². The predicted molar refractivity (Wildman–Crippen MR) is 109 cm³/mol. The van der Waals surface area contributed by atoms with E-state index in [0.29, 0.717) is 0 Å². The van der Waals surface area contributed by atoms with Gasteiger partial charge >= 0.3 is 5.97 Å². The molecular weight excluding hydrogens is 386 g/mol. The Kier molecular flexibility index (Phi) is 5.13. The Labute approximate surface area is 170 Å². The molecule has 1 N–H and O–H groups in total. The van der Waals surface area contributed by atoms with Crippen molar-refractivity contribution in [2.45, 2.75) is 13.2 Å². The van der Waals surface area contributed by atoms with Crippen LogP contribution in [-0.4, -0.2) is 25.0 Å². The molecule has 0 unspecified atom stereocenters. The first kappa shape index (κ1) is 19.1. The van der Waals surface area contributed by atoms with Crippen LogP contribution in [0.5, 0.6) is 5.75 Å². The average molecular weight is 403 g/mol. The molecule has 8 heteroatoms. The Balaban J connectivity index is 1.85. The number of carboxylic acid groups (broad SMARTS) is 1. The van der Waals surface area contributed by atoms with Crippen molar-refractivity contribution < 1.29 is 14.6 Å². The van der Waals surface area contributed by atoms with Crippen molar-refractivity contribution in [1.82, 2.24) is 14.0 Å². The van der Waals surface area contributed by atoms with Gasteiger partial charge in [0.05, 0.1) is 6.54 Å². The third kappa shape index (κ3) is 3.70. The minimum atomic E-state index is -1.39. The van der Waals surface area contributed by atoms with Crippen LogP contribution in [0.2, 0.25) is 0 Å². The van der Waals surface area contributed by atoms with E-state index in [-0.39, 0.29) is 24.4 Å². The van der Waals surface area contributed by atoms with Crippen LogP contribution in [0.4, 0.5) is 0 Å². The number of aromatic carboxylic acids is 1. The largest absolute Gasteiger partial charge is 0.483 e. The van der Waals surface area contributed by atoms with Crippen LogP contribution in [0.3, 0.4) is 0 Å². The first-order valence-corrected chi connectivity index (χ1v) is 9.12. The zero-order valence-corrected chi connectivity index (χ0v) is 15.8. The number of benzene rings is 1. The van der Waals surface area contributed by atoms with Gasteiger partial charge in [0.15, 0.2) is 11.3 Å². The maximum absolute atomic E-state index is 13.2. The Morgan fingerprint density at radius 1 is 1.00 bits per heavy atom. The highest BCUT2D eigenvalue weighted by molar-refractivity contribution is 5.88. The minimum Gasteiger partial charge on any atom is -0.483 e. The van der Waals surface area contributed by atoms with Crippen LogP contribution in [-0.2, 0) is 13.2 Å². The lowest BCUT2D eigenvalue weighted by molar-refractivity contribution is 0.0694. The van der Waals surface area contributed by atoms with Crippen molar-refractivity contribution in [2.24, 2.45) is 0 Å². The standard InChI is InChI=1S/C22H17N3O5/c26-19-17(22(28)29)13-24-10-11-25(12-15-6-8-23-9-7-15)21(27)18(24)20(19)30-14-16-4-2-1-3-5-16/h1-11,13H,12,14H2,(H,28,29). The lowest BCUT2D eigenvalue weighted by Gasteiger charge is -2.13. The highest BCUT2D eigenvalue weighted by atomic mass is 16.5. The summed E-state index contributed by atoms with van der Waals surface area (Å²) in [5.74, 6) is -1.67. The fraction of sp³-hybridized carbons (Fsp3) is 0.0909. The van der Waals surface area contributed by atoms with Gasteiger partial charge in [-0.15, -0.1) is 0 Å². The number of pyridine rings is 2. The second-order valence-electron chi connectivity index (χ2n) is 6.62. The van der Waals surface area contributed by atoms with E-state index < -0.39 is 22.5 Å². The number of hydrogen-bond acceptors (Lipinski definition) is 5. The van der Waals surface area contributed by atoms with E-state index in [9.17, 15) is 19.5 Å². The van der Waals surface area contributed by atoms with Gasteiger partial charge in [0, 0.05) is 31.0 Å². The summed E-state index contributed by atoms with van der Waals surface area (Å²) < 4.78 is 8.44. The fourth-order valence-electron chi connectivity index (χ4n) is 3.12. The maximum atomic E-state index is 13.2. The molecule has 0 saturated heterocycles. The number of carboxylic acids is 1. The summed E-state index contributed by atoms with van der Waals surface area (Å²) in [6.45, 7) is 0.290. The molecule has 0 saturated carbocycles. The maximum Gasteiger partial charge on any atom is 0.341 e. The lowest BCUT2D eigenvalue weighted by Crippen LogP contribution is -2.27. The van der Waals surface area contributed by atoms with Gasteiger partial charge in [0.25, 0.3) is 5.56 Å². The Hall–Kier alpha value is -4.20. The number of ether oxygens (including phenoxy) is 1.